The Balaban J connectivity index is 1.79. The first-order chi connectivity index (χ1) is 12.0. The Morgan fingerprint density at radius 3 is 2.40 bits per heavy atom. The van der Waals surface area contributed by atoms with Crippen molar-refractivity contribution in [1.82, 2.24) is 9.80 Å². The number of hydrogen-bond donors (Lipinski definition) is 0. The Morgan fingerprint density at radius 1 is 1.16 bits per heavy atom. The van der Waals surface area contributed by atoms with E-state index in [4.69, 9.17) is 11.6 Å². The molecular formula is C19H19ClN2O2S. The van der Waals surface area contributed by atoms with Gasteiger partial charge in [-0.3, -0.25) is 9.59 Å². The maximum Gasteiger partial charge on any atom is 0.253 e. The molecular weight excluding hydrogens is 356 g/mol. The van der Waals surface area contributed by atoms with E-state index in [-0.39, 0.29) is 17.2 Å². The van der Waals surface area contributed by atoms with Gasteiger partial charge in [0.2, 0.25) is 5.91 Å². The van der Waals surface area contributed by atoms with Gasteiger partial charge in [-0.2, -0.15) is 0 Å². The molecule has 0 bridgehead atoms. The number of thioether (sulfide) groups is 1. The van der Waals surface area contributed by atoms with Gasteiger partial charge in [0, 0.05) is 31.2 Å². The highest BCUT2D eigenvalue weighted by Crippen LogP contribution is 2.39. The van der Waals surface area contributed by atoms with E-state index in [1.165, 1.54) is 0 Å². The summed E-state index contributed by atoms with van der Waals surface area (Å²) in [6.07, 6.45) is 0. The Hall–Kier alpha value is -1.98. The highest BCUT2D eigenvalue weighted by molar-refractivity contribution is 8.00. The van der Waals surface area contributed by atoms with Crippen molar-refractivity contribution in [2.24, 2.45) is 0 Å². The average molecular weight is 375 g/mol. The number of halogens is 1. The second kappa shape index (κ2) is 7.50. The van der Waals surface area contributed by atoms with Crippen molar-refractivity contribution in [3.8, 4) is 0 Å². The fraction of sp³-hybridized carbons (Fsp3) is 0.263. The van der Waals surface area contributed by atoms with Gasteiger partial charge < -0.3 is 9.80 Å². The maximum atomic E-state index is 12.3. The Bertz CT molecular complexity index is 775. The smallest absolute Gasteiger partial charge is 0.253 e. The lowest BCUT2D eigenvalue weighted by Gasteiger charge is -2.24. The van der Waals surface area contributed by atoms with Crippen molar-refractivity contribution in [3.63, 3.8) is 0 Å². The molecule has 0 spiro atoms. The highest BCUT2D eigenvalue weighted by atomic mass is 35.5. The molecule has 2 aromatic rings. The van der Waals surface area contributed by atoms with E-state index in [1.807, 2.05) is 53.4 Å². The molecule has 6 heteroatoms. The van der Waals surface area contributed by atoms with Crippen LogP contribution in [0.15, 0.2) is 48.5 Å². The normalized spacial score (nSPS) is 17.0. The molecule has 2 amide bonds. The van der Waals surface area contributed by atoms with Crippen molar-refractivity contribution < 1.29 is 9.59 Å². The zero-order chi connectivity index (χ0) is 18.0. The van der Waals surface area contributed by atoms with E-state index in [0.717, 1.165) is 11.1 Å². The molecule has 1 fully saturated rings. The largest absolute Gasteiger partial charge is 0.345 e. The molecule has 0 saturated carbocycles. The summed E-state index contributed by atoms with van der Waals surface area (Å²) in [6, 6.07) is 15.1. The number of rotatable bonds is 4. The molecule has 0 unspecified atom stereocenters. The van der Waals surface area contributed by atoms with Crippen molar-refractivity contribution in [2.45, 2.75) is 11.9 Å². The number of carbonyl (C=O) groups excluding carboxylic acids is 2. The van der Waals surface area contributed by atoms with Crippen LogP contribution in [-0.4, -0.2) is 41.5 Å². The number of benzene rings is 2. The van der Waals surface area contributed by atoms with E-state index < -0.39 is 0 Å². The first-order valence-electron chi connectivity index (χ1n) is 7.93. The molecule has 0 aromatic heterocycles. The molecule has 0 N–H and O–H groups in total. The van der Waals surface area contributed by atoms with Gasteiger partial charge in [-0.05, 0) is 35.4 Å². The van der Waals surface area contributed by atoms with Crippen LogP contribution in [-0.2, 0) is 11.3 Å². The molecule has 1 heterocycles. The minimum Gasteiger partial charge on any atom is -0.345 e. The Labute approximate surface area is 156 Å². The van der Waals surface area contributed by atoms with E-state index >= 15 is 0 Å². The number of hydrogen-bond acceptors (Lipinski definition) is 3. The summed E-state index contributed by atoms with van der Waals surface area (Å²) in [7, 11) is 3.46. The summed E-state index contributed by atoms with van der Waals surface area (Å²) in [4.78, 5) is 27.7. The summed E-state index contributed by atoms with van der Waals surface area (Å²) >= 11 is 7.54. The maximum absolute atomic E-state index is 12.3. The topological polar surface area (TPSA) is 40.6 Å². The van der Waals surface area contributed by atoms with Crippen molar-refractivity contribution in [3.05, 3.63) is 70.2 Å². The van der Waals surface area contributed by atoms with Crippen LogP contribution in [0.25, 0.3) is 0 Å². The van der Waals surface area contributed by atoms with Gasteiger partial charge in [-0.25, -0.2) is 0 Å². The molecule has 130 valence electrons. The summed E-state index contributed by atoms with van der Waals surface area (Å²) < 4.78 is 0. The van der Waals surface area contributed by atoms with Crippen LogP contribution in [0.2, 0.25) is 5.02 Å². The summed E-state index contributed by atoms with van der Waals surface area (Å²) in [5, 5.41) is 0.648. The predicted molar refractivity (Wildman–Crippen MR) is 102 cm³/mol. The van der Waals surface area contributed by atoms with Gasteiger partial charge in [0.1, 0.15) is 5.37 Å². The molecule has 1 atom stereocenters. The lowest BCUT2D eigenvalue weighted by atomic mass is 10.1. The molecule has 0 aliphatic carbocycles. The summed E-state index contributed by atoms with van der Waals surface area (Å²) in [6.45, 7) is 0.548. The molecule has 1 saturated heterocycles. The predicted octanol–water partition coefficient (Wildman–Crippen LogP) is 3.82. The first kappa shape index (κ1) is 17.8. The lowest BCUT2D eigenvalue weighted by molar-refractivity contribution is -0.128. The van der Waals surface area contributed by atoms with E-state index in [9.17, 15) is 9.59 Å². The van der Waals surface area contributed by atoms with Crippen molar-refractivity contribution in [2.75, 3.05) is 19.8 Å². The SMILES string of the molecule is CN(C)C(=O)c1ccc([C@@H]2SCC(=O)N2Cc2ccc(Cl)cc2)cc1. The highest BCUT2D eigenvalue weighted by Gasteiger charge is 2.32. The van der Waals surface area contributed by atoms with Crippen molar-refractivity contribution >= 4 is 35.2 Å². The third-order valence-electron chi connectivity index (χ3n) is 4.08. The fourth-order valence-corrected chi connectivity index (χ4v) is 4.05. The summed E-state index contributed by atoms with van der Waals surface area (Å²) in [5.74, 6) is 0.564. The van der Waals surface area contributed by atoms with Crippen LogP contribution in [0, 0.1) is 0 Å². The second-order valence-electron chi connectivity index (χ2n) is 6.13. The van der Waals surface area contributed by atoms with Crippen molar-refractivity contribution in [1.29, 1.82) is 0 Å². The third kappa shape index (κ3) is 3.99. The van der Waals surface area contributed by atoms with Crippen LogP contribution >= 0.6 is 23.4 Å². The lowest BCUT2D eigenvalue weighted by Crippen LogP contribution is -2.27. The van der Waals surface area contributed by atoms with Gasteiger partial charge in [-0.1, -0.05) is 35.9 Å². The van der Waals surface area contributed by atoms with E-state index in [2.05, 4.69) is 0 Å². The van der Waals surface area contributed by atoms with Crippen LogP contribution in [0.1, 0.15) is 26.9 Å². The quantitative estimate of drug-likeness (QED) is 0.816. The molecule has 3 rings (SSSR count). The Kier molecular flexibility index (Phi) is 5.35. The van der Waals surface area contributed by atoms with E-state index in [1.54, 1.807) is 30.8 Å². The van der Waals surface area contributed by atoms with Gasteiger partial charge in [-0.15, -0.1) is 11.8 Å². The van der Waals surface area contributed by atoms with Gasteiger partial charge in [0.25, 0.3) is 5.91 Å². The van der Waals surface area contributed by atoms with Crippen LogP contribution in [0.3, 0.4) is 0 Å². The molecule has 1 aliphatic rings. The fourth-order valence-electron chi connectivity index (χ4n) is 2.74. The first-order valence-corrected chi connectivity index (χ1v) is 9.35. The summed E-state index contributed by atoms with van der Waals surface area (Å²) in [5.41, 5.74) is 2.72. The monoisotopic (exact) mass is 374 g/mol. The zero-order valence-corrected chi connectivity index (χ0v) is 15.7. The van der Waals surface area contributed by atoms with Crippen LogP contribution in [0.4, 0.5) is 0 Å². The number of amides is 2. The van der Waals surface area contributed by atoms with Crippen LogP contribution < -0.4 is 0 Å². The van der Waals surface area contributed by atoms with Gasteiger partial charge in [0.05, 0.1) is 5.75 Å². The minimum absolute atomic E-state index is 0.0280. The second-order valence-corrected chi connectivity index (χ2v) is 7.64. The van der Waals surface area contributed by atoms with Gasteiger partial charge >= 0.3 is 0 Å². The molecule has 0 radical (unpaired) electrons. The molecule has 2 aromatic carbocycles. The number of nitrogens with zero attached hydrogens (tertiary/aromatic N) is 2. The molecule has 4 nitrogen and oxygen atoms in total. The molecule has 25 heavy (non-hydrogen) atoms. The molecule has 1 aliphatic heterocycles. The average Bonchev–Trinajstić information content (AvgIpc) is 2.97. The van der Waals surface area contributed by atoms with Gasteiger partial charge in [0.15, 0.2) is 0 Å². The van der Waals surface area contributed by atoms with E-state index in [0.29, 0.717) is 22.9 Å². The number of carbonyl (C=O) groups is 2. The minimum atomic E-state index is -0.0355. The Morgan fingerprint density at radius 2 is 1.80 bits per heavy atom. The van der Waals surface area contributed by atoms with Crippen LogP contribution in [0.5, 0.6) is 0 Å². The standard InChI is InChI=1S/C19H19ClN2O2S/c1-21(2)18(24)14-5-7-15(8-6-14)19-22(17(23)12-25-19)11-13-3-9-16(20)10-4-13/h3-10,19H,11-12H2,1-2H3/t19-/m0/s1. The third-order valence-corrected chi connectivity index (χ3v) is 5.59. The zero-order valence-electron chi connectivity index (χ0n) is 14.1.